The number of ketones is 1. The third-order valence-electron chi connectivity index (χ3n) is 3.99. The zero-order chi connectivity index (χ0) is 14.4. The Hall–Kier alpha value is -1.12. The lowest BCUT2D eigenvalue weighted by molar-refractivity contribution is 0.0986. The first-order valence-corrected chi connectivity index (χ1v) is 7.74. The second-order valence-corrected chi connectivity index (χ2v) is 5.12. The summed E-state index contributed by atoms with van der Waals surface area (Å²) >= 11 is 0. The van der Waals surface area contributed by atoms with Crippen LogP contribution in [0.25, 0.3) is 0 Å². The minimum atomic E-state index is 0.240. The van der Waals surface area contributed by atoms with Gasteiger partial charge in [-0.25, -0.2) is 0 Å². The molecule has 0 N–H and O–H groups in total. The Morgan fingerprint density at radius 3 is 2.16 bits per heavy atom. The fourth-order valence-electron chi connectivity index (χ4n) is 2.60. The summed E-state index contributed by atoms with van der Waals surface area (Å²) in [7, 11) is 0. The first kappa shape index (κ1) is 15.9. The molecule has 0 saturated carbocycles. The average molecular weight is 264 g/mol. The lowest BCUT2D eigenvalue weighted by Crippen LogP contribution is -2.14. The SMILES string of the molecule is CCC(=O)c1c(CC)nn(CC(CC)CC)c1CC. The minimum Gasteiger partial charge on any atom is -0.294 e. The van der Waals surface area contributed by atoms with E-state index < -0.39 is 0 Å². The third kappa shape index (κ3) is 3.46. The summed E-state index contributed by atoms with van der Waals surface area (Å²) in [6.07, 6.45) is 4.62. The molecular formula is C16H28N2O. The molecule has 0 aliphatic carbocycles. The Labute approximate surface area is 117 Å². The fourth-order valence-corrected chi connectivity index (χ4v) is 2.60. The zero-order valence-corrected chi connectivity index (χ0v) is 13.1. The smallest absolute Gasteiger partial charge is 0.166 e. The molecule has 108 valence electrons. The molecule has 1 aromatic rings. The largest absolute Gasteiger partial charge is 0.294 e. The molecule has 0 radical (unpaired) electrons. The van der Waals surface area contributed by atoms with E-state index in [2.05, 4.69) is 32.4 Å². The summed E-state index contributed by atoms with van der Waals surface area (Å²) in [5.41, 5.74) is 3.02. The molecule has 0 saturated heterocycles. The van der Waals surface area contributed by atoms with Crippen molar-refractivity contribution in [1.82, 2.24) is 9.78 Å². The molecule has 1 aromatic heterocycles. The van der Waals surface area contributed by atoms with Crippen molar-refractivity contribution in [2.24, 2.45) is 5.92 Å². The highest BCUT2D eigenvalue weighted by atomic mass is 16.1. The summed E-state index contributed by atoms with van der Waals surface area (Å²) in [5, 5.41) is 4.70. The number of aryl methyl sites for hydroxylation is 1. The van der Waals surface area contributed by atoms with Crippen molar-refractivity contribution in [2.45, 2.75) is 73.3 Å². The second kappa shape index (κ2) is 7.46. The van der Waals surface area contributed by atoms with E-state index in [4.69, 9.17) is 5.10 Å². The van der Waals surface area contributed by atoms with Gasteiger partial charge in [-0.15, -0.1) is 0 Å². The van der Waals surface area contributed by atoms with Crippen LogP contribution >= 0.6 is 0 Å². The van der Waals surface area contributed by atoms with Crippen molar-refractivity contribution in [2.75, 3.05) is 0 Å². The van der Waals surface area contributed by atoms with Crippen LogP contribution in [0.15, 0.2) is 0 Å². The van der Waals surface area contributed by atoms with Crippen LogP contribution in [0.1, 0.15) is 75.6 Å². The molecule has 1 heterocycles. The highest BCUT2D eigenvalue weighted by Gasteiger charge is 2.21. The van der Waals surface area contributed by atoms with Crippen molar-refractivity contribution in [3.63, 3.8) is 0 Å². The van der Waals surface area contributed by atoms with Crippen LogP contribution in [0.5, 0.6) is 0 Å². The predicted molar refractivity (Wildman–Crippen MR) is 79.7 cm³/mol. The molecule has 0 atom stereocenters. The van der Waals surface area contributed by atoms with E-state index in [1.54, 1.807) is 0 Å². The van der Waals surface area contributed by atoms with Gasteiger partial charge in [0, 0.05) is 18.7 Å². The Bertz CT molecular complexity index is 417. The molecule has 1 rings (SSSR count). The van der Waals surface area contributed by atoms with Gasteiger partial charge in [-0.1, -0.05) is 47.5 Å². The molecule has 0 spiro atoms. The van der Waals surface area contributed by atoms with E-state index in [0.29, 0.717) is 12.3 Å². The summed E-state index contributed by atoms with van der Waals surface area (Å²) in [4.78, 5) is 12.2. The molecule has 0 aliphatic heterocycles. The van der Waals surface area contributed by atoms with Gasteiger partial charge in [-0.05, 0) is 18.8 Å². The van der Waals surface area contributed by atoms with Gasteiger partial charge in [-0.2, -0.15) is 5.10 Å². The number of carbonyl (C=O) groups is 1. The first-order chi connectivity index (χ1) is 9.12. The topological polar surface area (TPSA) is 34.9 Å². The van der Waals surface area contributed by atoms with Crippen molar-refractivity contribution >= 4 is 5.78 Å². The van der Waals surface area contributed by atoms with Gasteiger partial charge in [0.1, 0.15) is 0 Å². The normalized spacial score (nSPS) is 11.3. The van der Waals surface area contributed by atoms with Crippen LogP contribution < -0.4 is 0 Å². The number of carbonyl (C=O) groups excluding carboxylic acids is 1. The summed E-state index contributed by atoms with van der Waals surface area (Å²) in [6, 6.07) is 0. The monoisotopic (exact) mass is 264 g/mol. The number of Topliss-reactive ketones (excluding diaryl/α,β-unsaturated/α-hetero) is 1. The fraction of sp³-hybridized carbons (Fsp3) is 0.750. The van der Waals surface area contributed by atoms with Gasteiger partial charge in [0.05, 0.1) is 11.3 Å². The highest BCUT2D eigenvalue weighted by molar-refractivity contribution is 5.98. The Kier molecular flexibility index (Phi) is 6.26. The summed E-state index contributed by atoms with van der Waals surface area (Å²) < 4.78 is 2.10. The molecule has 19 heavy (non-hydrogen) atoms. The summed E-state index contributed by atoms with van der Waals surface area (Å²) in [6.45, 7) is 11.5. The van der Waals surface area contributed by atoms with E-state index in [1.165, 1.54) is 0 Å². The number of nitrogens with zero attached hydrogens (tertiary/aromatic N) is 2. The highest BCUT2D eigenvalue weighted by Crippen LogP contribution is 2.21. The van der Waals surface area contributed by atoms with Gasteiger partial charge in [0.15, 0.2) is 5.78 Å². The van der Waals surface area contributed by atoms with Crippen molar-refractivity contribution in [1.29, 1.82) is 0 Å². The maximum atomic E-state index is 12.2. The van der Waals surface area contributed by atoms with Crippen molar-refractivity contribution in [3.05, 3.63) is 17.0 Å². The maximum absolute atomic E-state index is 12.2. The molecule has 0 aromatic carbocycles. The number of hydrogen-bond donors (Lipinski definition) is 0. The van der Waals surface area contributed by atoms with E-state index in [9.17, 15) is 4.79 Å². The minimum absolute atomic E-state index is 0.240. The van der Waals surface area contributed by atoms with Crippen LogP contribution in [0.4, 0.5) is 0 Å². The van der Waals surface area contributed by atoms with E-state index >= 15 is 0 Å². The Morgan fingerprint density at radius 1 is 1.11 bits per heavy atom. The molecule has 3 nitrogen and oxygen atoms in total. The second-order valence-electron chi connectivity index (χ2n) is 5.12. The van der Waals surface area contributed by atoms with Crippen LogP contribution in [0.2, 0.25) is 0 Å². The lowest BCUT2D eigenvalue weighted by Gasteiger charge is -2.14. The first-order valence-electron chi connectivity index (χ1n) is 7.74. The lowest BCUT2D eigenvalue weighted by atomic mass is 10.0. The standard InChI is InChI=1S/C16H28N2O/c1-6-12(7-2)11-18-14(9-4)16(15(19)10-5)13(8-3)17-18/h12H,6-11H2,1-5H3. The van der Waals surface area contributed by atoms with E-state index in [1.807, 2.05) is 6.92 Å². The average Bonchev–Trinajstić information content (AvgIpc) is 2.81. The maximum Gasteiger partial charge on any atom is 0.166 e. The van der Waals surface area contributed by atoms with Crippen molar-refractivity contribution in [3.8, 4) is 0 Å². The van der Waals surface area contributed by atoms with Gasteiger partial charge in [0.25, 0.3) is 0 Å². The summed E-state index contributed by atoms with van der Waals surface area (Å²) in [5.74, 6) is 0.893. The van der Waals surface area contributed by atoms with Crippen molar-refractivity contribution < 1.29 is 4.79 Å². The van der Waals surface area contributed by atoms with E-state index in [-0.39, 0.29) is 5.78 Å². The van der Waals surface area contributed by atoms with Gasteiger partial charge in [-0.3, -0.25) is 9.48 Å². The predicted octanol–water partition coefficient (Wildman–Crippen LogP) is 4.04. The molecule has 0 aliphatic rings. The van der Waals surface area contributed by atoms with Gasteiger partial charge >= 0.3 is 0 Å². The van der Waals surface area contributed by atoms with Gasteiger partial charge in [0.2, 0.25) is 0 Å². The Balaban J connectivity index is 3.18. The quantitative estimate of drug-likeness (QED) is 0.664. The molecular weight excluding hydrogens is 236 g/mol. The zero-order valence-electron chi connectivity index (χ0n) is 13.1. The number of hydrogen-bond acceptors (Lipinski definition) is 2. The number of aromatic nitrogens is 2. The van der Waals surface area contributed by atoms with E-state index in [0.717, 1.165) is 49.2 Å². The Morgan fingerprint density at radius 2 is 1.74 bits per heavy atom. The number of rotatable bonds is 8. The van der Waals surface area contributed by atoms with Crippen LogP contribution in [-0.2, 0) is 19.4 Å². The van der Waals surface area contributed by atoms with Crippen LogP contribution in [-0.4, -0.2) is 15.6 Å². The molecule has 0 amide bonds. The third-order valence-corrected chi connectivity index (χ3v) is 3.99. The van der Waals surface area contributed by atoms with Crippen LogP contribution in [0.3, 0.4) is 0 Å². The van der Waals surface area contributed by atoms with Gasteiger partial charge < -0.3 is 0 Å². The molecule has 3 heteroatoms. The van der Waals surface area contributed by atoms with Crippen LogP contribution in [0, 0.1) is 5.92 Å². The molecule has 0 bridgehead atoms. The molecule has 0 unspecified atom stereocenters. The molecule has 0 fully saturated rings.